The Morgan fingerprint density at radius 1 is 1.11 bits per heavy atom. The average molecular weight is 391 g/mol. The molecule has 3 rings (SSSR count). The molecular weight excluding hydrogens is 375 g/mol. The second-order valence-electron chi connectivity index (χ2n) is 6.04. The van der Waals surface area contributed by atoms with E-state index in [-0.39, 0.29) is 23.9 Å². The first-order valence-electron chi connectivity index (χ1n) is 8.34. The van der Waals surface area contributed by atoms with Crippen LogP contribution in [-0.2, 0) is 12.6 Å². The maximum atomic E-state index is 12.6. The molecule has 0 fully saturated rings. The lowest BCUT2D eigenvalue weighted by Gasteiger charge is -2.14. The summed E-state index contributed by atoms with van der Waals surface area (Å²) in [7, 11) is 0. The lowest BCUT2D eigenvalue weighted by molar-refractivity contribution is -0.137. The Hall–Kier alpha value is -3.20. The number of nitrogens with one attached hydrogen (secondary N) is 1. The fourth-order valence-corrected chi connectivity index (χ4v) is 2.55. The molecule has 1 atom stereocenters. The van der Waals surface area contributed by atoms with Crippen LogP contribution in [0.25, 0.3) is 11.4 Å². The Bertz CT molecular complexity index is 925. The lowest BCUT2D eigenvalue weighted by Crippen LogP contribution is -2.39. The third-order valence-corrected chi connectivity index (χ3v) is 3.97. The number of nitrogens with zero attached hydrogens (tertiary/aromatic N) is 2. The number of alkyl halides is 3. The highest BCUT2D eigenvalue weighted by Gasteiger charge is 2.30. The van der Waals surface area contributed by atoms with E-state index >= 15 is 0 Å². The minimum atomic E-state index is -4.45. The molecule has 146 valence electrons. The number of carbonyl (C=O) groups is 1. The molecule has 2 N–H and O–H groups in total. The third kappa shape index (κ3) is 4.74. The molecule has 1 unspecified atom stereocenters. The minimum absolute atomic E-state index is 0.0116. The summed E-state index contributed by atoms with van der Waals surface area (Å²) in [6, 6.07) is 12.9. The quantitative estimate of drug-likeness (QED) is 0.674. The number of benzene rings is 2. The first kappa shape index (κ1) is 19.6. The predicted octanol–water partition coefficient (Wildman–Crippen LogP) is 3.09. The summed E-state index contributed by atoms with van der Waals surface area (Å²) in [6.45, 7) is -0.291. The van der Waals surface area contributed by atoms with Gasteiger partial charge in [0, 0.05) is 5.56 Å². The summed E-state index contributed by atoms with van der Waals surface area (Å²) in [4.78, 5) is 16.2. The predicted molar refractivity (Wildman–Crippen MR) is 93.2 cm³/mol. The highest BCUT2D eigenvalue weighted by Crippen LogP contribution is 2.30. The maximum Gasteiger partial charge on any atom is 0.416 e. The zero-order chi connectivity index (χ0) is 20.1. The van der Waals surface area contributed by atoms with Gasteiger partial charge in [-0.3, -0.25) is 4.79 Å². The number of hydrogen-bond acceptors (Lipinski definition) is 5. The Morgan fingerprint density at radius 2 is 1.79 bits per heavy atom. The second kappa shape index (κ2) is 8.22. The Labute approximate surface area is 158 Å². The number of rotatable bonds is 6. The molecular formula is C19H16F3N3O3. The second-order valence-corrected chi connectivity index (χ2v) is 6.04. The van der Waals surface area contributed by atoms with Gasteiger partial charge in [0.2, 0.25) is 5.82 Å². The van der Waals surface area contributed by atoms with Gasteiger partial charge >= 0.3 is 18.0 Å². The topological polar surface area (TPSA) is 88.2 Å². The summed E-state index contributed by atoms with van der Waals surface area (Å²) in [5.74, 6) is -1.04. The van der Waals surface area contributed by atoms with Gasteiger partial charge in [-0.25, -0.2) is 0 Å². The van der Waals surface area contributed by atoms with Gasteiger partial charge < -0.3 is 14.9 Å². The molecule has 9 heteroatoms. The third-order valence-electron chi connectivity index (χ3n) is 3.97. The van der Waals surface area contributed by atoms with Crippen molar-refractivity contribution in [1.29, 1.82) is 0 Å². The number of amides is 1. The first-order chi connectivity index (χ1) is 13.4. The molecule has 1 heterocycles. The molecule has 0 aliphatic carbocycles. The molecule has 3 aromatic rings. The molecule has 0 aliphatic heterocycles. The lowest BCUT2D eigenvalue weighted by atomic mass is 10.1. The maximum absolute atomic E-state index is 12.6. The standard InChI is InChI=1S/C19H16F3N3O3/c20-19(21,22)14-8-6-13(7-9-14)16-24-18(28-25-16)17(27)23-15(11-26)10-12-4-2-1-3-5-12/h1-9,15,26H,10-11H2,(H,23,27). The summed E-state index contributed by atoms with van der Waals surface area (Å²) < 4.78 is 42.8. The van der Waals surface area contributed by atoms with Crippen LogP contribution in [0.3, 0.4) is 0 Å². The first-order valence-corrected chi connectivity index (χ1v) is 8.34. The van der Waals surface area contributed by atoms with Crippen molar-refractivity contribution in [3.05, 3.63) is 71.6 Å². The summed E-state index contributed by atoms with van der Waals surface area (Å²) in [5, 5.41) is 15.7. The summed E-state index contributed by atoms with van der Waals surface area (Å²) in [6.07, 6.45) is -4.04. The van der Waals surface area contributed by atoms with E-state index in [0.717, 1.165) is 17.7 Å². The number of halogens is 3. The molecule has 0 saturated heterocycles. The van der Waals surface area contributed by atoms with Crippen molar-refractivity contribution in [3.8, 4) is 11.4 Å². The monoisotopic (exact) mass is 391 g/mol. The van der Waals surface area contributed by atoms with Crippen molar-refractivity contribution in [3.63, 3.8) is 0 Å². The smallest absolute Gasteiger partial charge is 0.394 e. The molecule has 1 amide bonds. The van der Waals surface area contributed by atoms with Crippen LogP contribution in [0.1, 0.15) is 21.8 Å². The molecule has 0 spiro atoms. The van der Waals surface area contributed by atoms with Crippen molar-refractivity contribution < 1.29 is 27.6 Å². The summed E-state index contributed by atoms with van der Waals surface area (Å²) in [5.41, 5.74) is 0.404. The Morgan fingerprint density at radius 3 is 2.39 bits per heavy atom. The van der Waals surface area contributed by atoms with Crippen molar-refractivity contribution in [1.82, 2.24) is 15.5 Å². The van der Waals surface area contributed by atoms with Crippen LogP contribution in [0.15, 0.2) is 59.1 Å². The van der Waals surface area contributed by atoms with Crippen LogP contribution in [0, 0.1) is 0 Å². The minimum Gasteiger partial charge on any atom is -0.394 e. The van der Waals surface area contributed by atoms with Gasteiger partial charge in [-0.1, -0.05) is 47.6 Å². The van der Waals surface area contributed by atoms with Crippen LogP contribution in [0.2, 0.25) is 0 Å². The van der Waals surface area contributed by atoms with E-state index in [9.17, 15) is 23.1 Å². The van der Waals surface area contributed by atoms with Gasteiger partial charge in [-0.05, 0) is 24.1 Å². The van der Waals surface area contributed by atoms with Crippen LogP contribution >= 0.6 is 0 Å². The van der Waals surface area contributed by atoms with Crippen LogP contribution < -0.4 is 5.32 Å². The van der Waals surface area contributed by atoms with Crippen molar-refractivity contribution in [2.45, 2.75) is 18.6 Å². The normalized spacial score (nSPS) is 12.6. The Kier molecular flexibility index (Phi) is 5.74. The van der Waals surface area contributed by atoms with E-state index in [2.05, 4.69) is 15.5 Å². The van der Waals surface area contributed by atoms with Crippen LogP contribution in [0.5, 0.6) is 0 Å². The molecule has 0 saturated carbocycles. The van der Waals surface area contributed by atoms with Crippen molar-refractivity contribution >= 4 is 5.91 Å². The van der Waals surface area contributed by atoms with Crippen LogP contribution in [-0.4, -0.2) is 33.8 Å². The fraction of sp³-hybridized carbons (Fsp3) is 0.211. The van der Waals surface area contributed by atoms with Gasteiger partial charge in [0.1, 0.15) is 0 Å². The van der Waals surface area contributed by atoms with E-state index in [1.165, 1.54) is 12.1 Å². The van der Waals surface area contributed by atoms with E-state index < -0.39 is 23.7 Å². The zero-order valence-corrected chi connectivity index (χ0v) is 14.5. The van der Waals surface area contributed by atoms with E-state index in [1.54, 1.807) is 0 Å². The molecule has 6 nitrogen and oxygen atoms in total. The number of aliphatic hydroxyl groups is 1. The van der Waals surface area contributed by atoms with Gasteiger partial charge in [0.25, 0.3) is 0 Å². The van der Waals surface area contributed by atoms with Gasteiger partial charge in [-0.2, -0.15) is 18.2 Å². The van der Waals surface area contributed by atoms with Crippen LogP contribution in [0.4, 0.5) is 13.2 Å². The number of hydrogen-bond donors (Lipinski definition) is 2. The Balaban J connectivity index is 1.68. The largest absolute Gasteiger partial charge is 0.416 e. The number of aromatic nitrogens is 2. The summed E-state index contributed by atoms with van der Waals surface area (Å²) >= 11 is 0. The molecule has 28 heavy (non-hydrogen) atoms. The van der Waals surface area contributed by atoms with Crippen molar-refractivity contribution in [2.75, 3.05) is 6.61 Å². The van der Waals surface area contributed by atoms with E-state index in [0.29, 0.717) is 6.42 Å². The molecule has 0 radical (unpaired) electrons. The average Bonchev–Trinajstić information content (AvgIpc) is 3.18. The molecule has 2 aromatic carbocycles. The number of aliphatic hydroxyl groups excluding tert-OH is 1. The van der Waals surface area contributed by atoms with Gasteiger partial charge in [0.15, 0.2) is 0 Å². The highest BCUT2D eigenvalue weighted by atomic mass is 19.4. The SMILES string of the molecule is O=C(NC(CO)Cc1ccccc1)c1nc(-c2ccc(C(F)(F)F)cc2)no1. The van der Waals surface area contributed by atoms with Gasteiger partial charge in [0.05, 0.1) is 18.2 Å². The fourth-order valence-electron chi connectivity index (χ4n) is 2.55. The van der Waals surface area contributed by atoms with E-state index in [1.807, 2.05) is 30.3 Å². The molecule has 0 aliphatic rings. The number of carbonyl (C=O) groups excluding carboxylic acids is 1. The van der Waals surface area contributed by atoms with E-state index in [4.69, 9.17) is 4.52 Å². The highest BCUT2D eigenvalue weighted by molar-refractivity contribution is 5.90. The zero-order valence-electron chi connectivity index (χ0n) is 14.5. The van der Waals surface area contributed by atoms with Gasteiger partial charge in [-0.15, -0.1) is 0 Å². The van der Waals surface area contributed by atoms with Crippen molar-refractivity contribution in [2.24, 2.45) is 0 Å². The molecule has 0 bridgehead atoms. The molecule has 1 aromatic heterocycles.